The van der Waals surface area contributed by atoms with Crippen LogP contribution in [0.2, 0.25) is 14.8 Å². The number of hydrogen-bond donors (Lipinski definition) is 0. The third-order valence-corrected chi connectivity index (χ3v) is 8.06. The number of benzene rings is 1. The van der Waals surface area contributed by atoms with Crippen molar-refractivity contribution in [3.63, 3.8) is 0 Å². The van der Waals surface area contributed by atoms with Gasteiger partial charge in [-0.05, 0) is 0 Å². The first-order chi connectivity index (χ1) is 5.91. The summed E-state index contributed by atoms with van der Waals surface area (Å²) < 4.78 is 1.60. The fraction of sp³-hybridized carbons (Fsp3) is 0.455. The van der Waals surface area contributed by atoms with Gasteiger partial charge in [0, 0.05) is 0 Å². The van der Waals surface area contributed by atoms with Crippen LogP contribution in [0.5, 0.6) is 0 Å². The predicted molar refractivity (Wildman–Crippen MR) is 63.7 cm³/mol. The van der Waals surface area contributed by atoms with E-state index >= 15 is 0 Å². The van der Waals surface area contributed by atoms with Gasteiger partial charge in [0.1, 0.15) is 0 Å². The normalized spacial score (nSPS) is 11.5. The quantitative estimate of drug-likeness (QED) is 0.753. The van der Waals surface area contributed by atoms with Gasteiger partial charge >= 0.3 is 85.7 Å². The van der Waals surface area contributed by atoms with Crippen LogP contribution in [0.25, 0.3) is 0 Å². The first kappa shape index (κ1) is 10.9. The van der Waals surface area contributed by atoms with Gasteiger partial charge in [-0.2, -0.15) is 0 Å². The van der Waals surface area contributed by atoms with E-state index in [4.69, 9.17) is 0 Å². The van der Waals surface area contributed by atoms with Crippen molar-refractivity contribution < 1.29 is 0 Å². The van der Waals surface area contributed by atoms with Crippen LogP contribution in [0.15, 0.2) is 24.3 Å². The van der Waals surface area contributed by atoms with E-state index in [0.29, 0.717) is 0 Å². The van der Waals surface area contributed by atoms with E-state index in [-0.39, 0.29) is 0 Å². The van der Waals surface area contributed by atoms with Gasteiger partial charge in [-0.3, -0.25) is 0 Å². The second-order valence-electron chi connectivity index (χ2n) is 4.69. The summed E-state index contributed by atoms with van der Waals surface area (Å²) in [5.41, 5.74) is 1.32. The van der Waals surface area contributed by atoms with E-state index in [1.807, 2.05) is 0 Å². The molecular weight excluding hydrogens is 265 g/mol. The van der Waals surface area contributed by atoms with Gasteiger partial charge in [0.2, 0.25) is 0 Å². The molecule has 0 spiro atoms. The van der Waals surface area contributed by atoms with Gasteiger partial charge in [-0.25, -0.2) is 0 Å². The average Bonchev–Trinajstić information content (AvgIpc) is 2.03. The summed E-state index contributed by atoms with van der Waals surface area (Å²) in [4.78, 5) is 9.51. The second kappa shape index (κ2) is 3.91. The summed E-state index contributed by atoms with van der Waals surface area (Å²) in [6.07, 6.45) is 0. The molecule has 0 bridgehead atoms. The van der Waals surface area contributed by atoms with Gasteiger partial charge in [0.15, 0.2) is 0 Å². The summed E-state index contributed by atoms with van der Waals surface area (Å²) in [7, 11) is 4.19. The van der Waals surface area contributed by atoms with Gasteiger partial charge in [-0.1, -0.05) is 0 Å². The maximum atomic E-state index is 2.45. The van der Waals surface area contributed by atoms with Crippen LogP contribution >= 0.6 is 0 Å². The van der Waals surface area contributed by atoms with Crippen molar-refractivity contribution in [2.45, 2.75) is 14.8 Å². The van der Waals surface area contributed by atoms with E-state index in [1.54, 1.807) is 3.58 Å². The molecule has 0 N–H and O–H groups in total. The molecule has 0 saturated carbocycles. The molecule has 0 aliphatic heterocycles. The van der Waals surface area contributed by atoms with Crippen LogP contribution in [0.3, 0.4) is 0 Å². The standard InChI is InChI=1S/C8H10N.3CH3.Sn/c1-9(2)8-6-4-3-5-7-8;;;;/h3-4,6-7H,1-2H3;3*1H3;. The number of anilines is 1. The van der Waals surface area contributed by atoms with E-state index < -0.39 is 18.4 Å². The van der Waals surface area contributed by atoms with Crippen LogP contribution in [0.1, 0.15) is 0 Å². The van der Waals surface area contributed by atoms with E-state index in [1.165, 1.54) is 5.69 Å². The zero-order valence-electron chi connectivity index (χ0n) is 9.26. The molecule has 1 nitrogen and oxygen atoms in total. The van der Waals surface area contributed by atoms with Crippen LogP contribution in [-0.2, 0) is 0 Å². The molecule has 13 heavy (non-hydrogen) atoms. The van der Waals surface area contributed by atoms with E-state index in [9.17, 15) is 0 Å². The molecule has 1 aromatic carbocycles. The van der Waals surface area contributed by atoms with Crippen LogP contribution in [0, 0.1) is 0 Å². The molecule has 0 saturated heterocycles. The molecule has 0 atom stereocenters. The number of nitrogens with zero attached hydrogens (tertiary/aromatic N) is 1. The predicted octanol–water partition coefficient (Wildman–Crippen LogP) is 2.30. The zero-order chi connectivity index (χ0) is 10.1. The molecule has 0 aliphatic carbocycles. The van der Waals surface area contributed by atoms with Crippen molar-refractivity contribution in [2.75, 3.05) is 19.0 Å². The number of hydrogen-bond acceptors (Lipinski definition) is 1. The van der Waals surface area contributed by atoms with E-state index in [0.717, 1.165) is 0 Å². The van der Waals surface area contributed by atoms with Gasteiger partial charge in [0.25, 0.3) is 0 Å². The minimum atomic E-state index is -1.84. The second-order valence-corrected chi connectivity index (χ2v) is 19.2. The third kappa shape index (κ3) is 2.90. The Balaban J connectivity index is 3.06. The molecule has 1 rings (SSSR count). The molecule has 0 fully saturated rings. The van der Waals surface area contributed by atoms with Crippen LogP contribution in [-0.4, -0.2) is 32.5 Å². The van der Waals surface area contributed by atoms with E-state index in [2.05, 4.69) is 58.1 Å². The maximum absolute atomic E-state index is 2.45. The Hall–Kier alpha value is -0.181. The molecule has 0 radical (unpaired) electrons. The SMILES string of the molecule is CN(C)c1ccc[c]([Sn]([CH3])([CH3])[CH3])c1. The van der Waals surface area contributed by atoms with Gasteiger partial charge < -0.3 is 0 Å². The van der Waals surface area contributed by atoms with Crippen molar-refractivity contribution in [1.82, 2.24) is 0 Å². The van der Waals surface area contributed by atoms with Crippen molar-refractivity contribution >= 4 is 27.6 Å². The molecule has 72 valence electrons. The van der Waals surface area contributed by atoms with Crippen molar-refractivity contribution in [3.8, 4) is 0 Å². The molecule has 0 unspecified atom stereocenters. The summed E-state index contributed by atoms with van der Waals surface area (Å²) in [5.74, 6) is 0. The summed E-state index contributed by atoms with van der Waals surface area (Å²) in [6, 6.07) is 8.97. The van der Waals surface area contributed by atoms with Crippen molar-refractivity contribution in [2.24, 2.45) is 0 Å². The molecule has 0 aromatic heterocycles. The Morgan fingerprint density at radius 1 is 1.08 bits per heavy atom. The Bertz CT molecular complexity index is 286. The summed E-state index contributed by atoms with van der Waals surface area (Å²) in [5, 5.41) is 0. The summed E-state index contributed by atoms with van der Waals surface area (Å²) >= 11 is -1.84. The van der Waals surface area contributed by atoms with Crippen LogP contribution < -0.4 is 8.48 Å². The molecule has 2 heteroatoms. The number of rotatable bonds is 2. The Morgan fingerprint density at radius 2 is 1.69 bits per heavy atom. The summed E-state index contributed by atoms with van der Waals surface area (Å²) in [6.45, 7) is 0. The fourth-order valence-corrected chi connectivity index (χ4v) is 4.61. The molecule has 0 amide bonds. The fourth-order valence-electron chi connectivity index (χ4n) is 1.25. The topological polar surface area (TPSA) is 3.24 Å². The Kier molecular flexibility index (Phi) is 3.27. The monoisotopic (exact) mass is 285 g/mol. The molecular formula is C11H19NSn. The molecule has 0 heterocycles. The first-order valence-corrected chi connectivity index (χ1v) is 14.7. The van der Waals surface area contributed by atoms with Crippen molar-refractivity contribution in [1.29, 1.82) is 0 Å². The van der Waals surface area contributed by atoms with Crippen LogP contribution in [0.4, 0.5) is 5.69 Å². The average molecular weight is 284 g/mol. The Labute approximate surface area is 85.6 Å². The third-order valence-electron chi connectivity index (χ3n) is 2.23. The molecule has 1 aromatic rings. The van der Waals surface area contributed by atoms with Gasteiger partial charge in [0.05, 0.1) is 0 Å². The first-order valence-electron chi connectivity index (χ1n) is 4.69. The molecule has 0 aliphatic rings. The Morgan fingerprint density at radius 3 is 2.15 bits per heavy atom. The zero-order valence-corrected chi connectivity index (χ0v) is 12.1. The minimum absolute atomic E-state index is 1.32. The van der Waals surface area contributed by atoms with Gasteiger partial charge in [-0.15, -0.1) is 0 Å². The van der Waals surface area contributed by atoms with Crippen molar-refractivity contribution in [3.05, 3.63) is 24.3 Å².